The fraction of sp³-hybridized carbons (Fsp3) is 0.400. The van der Waals surface area contributed by atoms with Gasteiger partial charge in [-0.2, -0.15) is 4.31 Å². The van der Waals surface area contributed by atoms with Crippen molar-refractivity contribution in [3.8, 4) is 11.1 Å². The summed E-state index contributed by atoms with van der Waals surface area (Å²) in [6.07, 6.45) is 5.49. The number of carbonyl (C=O) groups excluding carboxylic acids is 1. The van der Waals surface area contributed by atoms with Crippen LogP contribution < -0.4 is 11.5 Å². The second-order valence-electron chi connectivity index (χ2n) is 9.02. The highest BCUT2D eigenvalue weighted by atomic mass is 32.2. The quantitative estimate of drug-likeness (QED) is 0.388. The van der Waals surface area contributed by atoms with Gasteiger partial charge >= 0.3 is 0 Å². The number of nitrogens with two attached hydrogens (primary N) is 2. The van der Waals surface area contributed by atoms with Crippen molar-refractivity contribution in [2.75, 3.05) is 39.4 Å². The number of nitrogens with zero attached hydrogens (tertiary/aromatic N) is 4. The van der Waals surface area contributed by atoms with Gasteiger partial charge in [-0.1, -0.05) is 19.1 Å². The Labute approximate surface area is 216 Å². The molecule has 4 rings (SSSR count). The number of amides is 1. The molecule has 0 bridgehead atoms. The van der Waals surface area contributed by atoms with Crippen LogP contribution in [0.3, 0.4) is 0 Å². The summed E-state index contributed by atoms with van der Waals surface area (Å²) in [7, 11) is -3.66. The number of aliphatic hydroxyl groups is 1. The first kappa shape index (κ1) is 26.9. The molecule has 37 heavy (non-hydrogen) atoms. The number of hydrogen-bond donors (Lipinski definition) is 3. The minimum Gasteiger partial charge on any atom is -0.394 e. The van der Waals surface area contributed by atoms with Crippen molar-refractivity contribution < 1.29 is 23.2 Å². The zero-order valence-electron chi connectivity index (χ0n) is 20.7. The standard InChI is InChI=1S/C25H32N6O5S/c1-2-5-31(36-7-6-32)25(33)20-8-19-4-3-18(10-23(19)29-24(27)11-20)21-9-22(14-28-13-21)37(34,35)30-15-17(12-26)16-30/h3-4,8-10,13-14,17,32H,2,5-7,11-12,15-16,26H2,1H3,(H2,27,29). The van der Waals surface area contributed by atoms with Crippen molar-refractivity contribution in [1.82, 2.24) is 14.4 Å². The van der Waals surface area contributed by atoms with Crippen molar-refractivity contribution in [3.05, 3.63) is 47.8 Å². The number of fused-ring (bicyclic) bond motifs is 1. The fourth-order valence-electron chi connectivity index (χ4n) is 4.18. The predicted octanol–water partition coefficient (Wildman–Crippen LogP) is 1.27. The first-order valence-corrected chi connectivity index (χ1v) is 13.6. The summed E-state index contributed by atoms with van der Waals surface area (Å²) in [4.78, 5) is 27.3. The van der Waals surface area contributed by atoms with E-state index in [-0.39, 0.29) is 42.2 Å². The van der Waals surface area contributed by atoms with Crippen LogP contribution in [0, 0.1) is 5.92 Å². The lowest BCUT2D eigenvalue weighted by Gasteiger charge is -2.37. The molecule has 0 aliphatic carbocycles. The maximum atomic E-state index is 13.1. The highest BCUT2D eigenvalue weighted by Crippen LogP contribution is 2.33. The van der Waals surface area contributed by atoms with Crippen molar-refractivity contribution >= 4 is 33.5 Å². The SMILES string of the molecule is CCCN(OCCO)C(=O)C1=Cc2ccc(-c3cncc(S(=O)(=O)N4CC(CN)C4)c3)cc2N=C(N)C1. The number of hydroxylamine groups is 2. The van der Waals surface area contributed by atoms with E-state index in [9.17, 15) is 13.2 Å². The van der Waals surface area contributed by atoms with Gasteiger partial charge in [-0.05, 0) is 42.7 Å². The fourth-order valence-corrected chi connectivity index (χ4v) is 5.76. The smallest absolute Gasteiger partial charge is 0.273 e. The lowest BCUT2D eigenvalue weighted by Crippen LogP contribution is -2.52. The van der Waals surface area contributed by atoms with Crippen LogP contribution in [0.15, 0.2) is 52.1 Å². The van der Waals surface area contributed by atoms with E-state index >= 15 is 0 Å². The average molecular weight is 529 g/mol. The zero-order valence-corrected chi connectivity index (χ0v) is 21.5. The average Bonchev–Trinajstić information content (AvgIpc) is 3.02. The number of carbonyl (C=O) groups is 1. The molecule has 2 aliphatic heterocycles. The monoisotopic (exact) mass is 528 g/mol. The molecule has 1 aromatic carbocycles. The number of aromatic nitrogens is 1. The Morgan fingerprint density at radius 3 is 2.73 bits per heavy atom. The first-order valence-electron chi connectivity index (χ1n) is 12.2. The molecule has 1 amide bonds. The summed E-state index contributed by atoms with van der Waals surface area (Å²) in [5.41, 5.74) is 14.8. The number of aliphatic imine (C=N–C) groups is 1. The minimum atomic E-state index is -3.66. The maximum absolute atomic E-state index is 13.1. The normalized spacial score (nSPS) is 16.3. The number of rotatable bonds is 10. The van der Waals surface area contributed by atoms with Crippen LogP contribution in [0.1, 0.15) is 25.3 Å². The number of amidine groups is 1. The number of pyridine rings is 1. The van der Waals surface area contributed by atoms with E-state index in [1.165, 1.54) is 15.6 Å². The molecule has 12 heteroatoms. The molecule has 2 aromatic rings. The molecule has 198 valence electrons. The predicted molar refractivity (Wildman–Crippen MR) is 140 cm³/mol. The van der Waals surface area contributed by atoms with E-state index in [1.54, 1.807) is 30.5 Å². The summed E-state index contributed by atoms with van der Waals surface area (Å²) in [5, 5.41) is 10.3. The largest absolute Gasteiger partial charge is 0.394 e. The summed E-state index contributed by atoms with van der Waals surface area (Å²) in [6, 6.07) is 7.01. The lowest BCUT2D eigenvalue weighted by molar-refractivity contribution is -0.185. The summed E-state index contributed by atoms with van der Waals surface area (Å²) >= 11 is 0. The van der Waals surface area contributed by atoms with Crippen LogP contribution in [0.4, 0.5) is 5.69 Å². The molecule has 1 fully saturated rings. The highest BCUT2D eigenvalue weighted by molar-refractivity contribution is 7.89. The number of sulfonamides is 1. The Kier molecular flexibility index (Phi) is 8.35. The lowest BCUT2D eigenvalue weighted by atomic mass is 10.0. The third-order valence-electron chi connectivity index (χ3n) is 6.20. The Balaban J connectivity index is 1.62. The van der Waals surface area contributed by atoms with Crippen molar-refractivity contribution in [3.63, 3.8) is 0 Å². The van der Waals surface area contributed by atoms with Gasteiger partial charge in [0.05, 0.1) is 18.9 Å². The van der Waals surface area contributed by atoms with Crippen LogP contribution >= 0.6 is 0 Å². The molecule has 0 spiro atoms. The van der Waals surface area contributed by atoms with Gasteiger partial charge < -0.3 is 16.6 Å². The summed E-state index contributed by atoms with van der Waals surface area (Å²) in [5.74, 6) is 0.102. The third-order valence-corrected chi connectivity index (χ3v) is 8.00. The second-order valence-corrected chi connectivity index (χ2v) is 11.0. The van der Waals surface area contributed by atoms with E-state index in [2.05, 4.69) is 9.98 Å². The minimum absolute atomic E-state index is 0.0106. The number of aliphatic hydroxyl groups excluding tert-OH is 1. The Hall–Kier alpha value is -3.16. The molecule has 2 aliphatic rings. The zero-order chi connectivity index (χ0) is 26.6. The van der Waals surface area contributed by atoms with Gasteiger partial charge in [0.25, 0.3) is 5.91 Å². The number of hydrogen-bond acceptors (Lipinski definition) is 9. The van der Waals surface area contributed by atoms with Gasteiger partial charge in [-0.15, -0.1) is 0 Å². The van der Waals surface area contributed by atoms with Gasteiger partial charge in [0.2, 0.25) is 10.0 Å². The van der Waals surface area contributed by atoms with Crippen molar-refractivity contribution in [2.45, 2.75) is 24.7 Å². The van der Waals surface area contributed by atoms with E-state index in [0.29, 0.717) is 60.6 Å². The Morgan fingerprint density at radius 1 is 1.24 bits per heavy atom. The van der Waals surface area contributed by atoms with E-state index in [4.69, 9.17) is 21.4 Å². The van der Waals surface area contributed by atoms with Crippen molar-refractivity contribution in [1.29, 1.82) is 0 Å². The van der Waals surface area contributed by atoms with Crippen LogP contribution in [0.2, 0.25) is 0 Å². The first-order chi connectivity index (χ1) is 17.8. The van der Waals surface area contributed by atoms with E-state index in [1.807, 2.05) is 13.0 Å². The summed E-state index contributed by atoms with van der Waals surface area (Å²) < 4.78 is 27.4. The van der Waals surface area contributed by atoms with Crippen molar-refractivity contribution in [2.24, 2.45) is 22.4 Å². The topological polar surface area (TPSA) is 164 Å². The molecule has 11 nitrogen and oxygen atoms in total. The third kappa shape index (κ3) is 5.89. The Morgan fingerprint density at radius 2 is 2.03 bits per heavy atom. The molecular weight excluding hydrogens is 496 g/mol. The number of benzene rings is 1. The maximum Gasteiger partial charge on any atom is 0.273 e. The van der Waals surface area contributed by atoms with Gasteiger partial charge in [-0.25, -0.2) is 18.5 Å². The molecule has 0 unspecified atom stereocenters. The molecule has 5 N–H and O–H groups in total. The van der Waals surface area contributed by atoms with Gasteiger partial charge in [0.15, 0.2) is 0 Å². The molecule has 0 radical (unpaired) electrons. The van der Waals surface area contributed by atoms with Crippen LogP contribution in [0.25, 0.3) is 17.2 Å². The molecule has 0 atom stereocenters. The van der Waals surface area contributed by atoms with E-state index in [0.717, 1.165) is 0 Å². The summed E-state index contributed by atoms with van der Waals surface area (Å²) in [6.45, 7) is 3.37. The molecule has 3 heterocycles. The molecule has 0 saturated carbocycles. The van der Waals surface area contributed by atoms with E-state index < -0.39 is 10.0 Å². The van der Waals surface area contributed by atoms with Gasteiger partial charge in [0.1, 0.15) is 10.7 Å². The van der Waals surface area contributed by atoms with Crippen LogP contribution in [-0.4, -0.2) is 79.0 Å². The molecule has 1 saturated heterocycles. The Bertz CT molecular complexity index is 1320. The van der Waals surface area contributed by atoms with Gasteiger partial charge in [-0.3, -0.25) is 14.6 Å². The second kappa shape index (κ2) is 11.5. The van der Waals surface area contributed by atoms with Crippen LogP contribution in [0.5, 0.6) is 0 Å². The molecule has 1 aromatic heterocycles. The highest BCUT2D eigenvalue weighted by Gasteiger charge is 2.36. The van der Waals surface area contributed by atoms with Gasteiger partial charge in [0, 0.05) is 55.1 Å². The molecular formula is C25H32N6O5S. The van der Waals surface area contributed by atoms with Crippen LogP contribution in [-0.2, 0) is 19.7 Å².